The first-order valence-corrected chi connectivity index (χ1v) is 11.9. The summed E-state index contributed by atoms with van der Waals surface area (Å²) in [5.41, 5.74) is 0.537. The third kappa shape index (κ3) is 7.20. The maximum atomic E-state index is 13.1. The Hall–Kier alpha value is -3.10. The van der Waals surface area contributed by atoms with E-state index in [4.69, 9.17) is 9.47 Å². The fourth-order valence-electron chi connectivity index (χ4n) is 4.28. The van der Waals surface area contributed by atoms with Gasteiger partial charge >= 0.3 is 12.1 Å². The van der Waals surface area contributed by atoms with Crippen LogP contribution in [0.15, 0.2) is 30.3 Å². The van der Waals surface area contributed by atoms with Gasteiger partial charge in [0, 0.05) is 18.9 Å². The van der Waals surface area contributed by atoms with Crippen LogP contribution < -0.4 is 16.0 Å². The smallest absolute Gasteiger partial charge is 0.408 e. The van der Waals surface area contributed by atoms with Crippen molar-refractivity contribution in [2.24, 2.45) is 11.8 Å². The average Bonchev–Trinajstić information content (AvgIpc) is 3.42. The second-order valence-corrected chi connectivity index (χ2v) is 9.66. The van der Waals surface area contributed by atoms with Crippen LogP contribution in [0.4, 0.5) is 4.79 Å². The lowest BCUT2D eigenvalue weighted by Crippen LogP contribution is -2.53. The molecular formula is C25H35N3O6. The number of nitrogens with one attached hydrogen (secondary N) is 3. The van der Waals surface area contributed by atoms with Crippen LogP contribution in [0.25, 0.3) is 0 Å². The molecule has 3 unspecified atom stereocenters. The van der Waals surface area contributed by atoms with Gasteiger partial charge < -0.3 is 25.4 Å². The summed E-state index contributed by atoms with van der Waals surface area (Å²) in [5.74, 6) is -1.55. The summed E-state index contributed by atoms with van der Waals surface area (Å²) < 4.78 is 10.6. The third-order valence-electron chi connectivity index (χ3n) is 6.29. The summed E-state index contributed by atoms with van der Waals surface area (Å²) >= 11 is 0. The highest BCUT2D eigenvalue weighted by Gasteiger charge is 2.47. The Bertz CT molecular complexity index is 884. The van der Waals surface area contributed by atoms with Gasteiger partial charge in [-0.2, -0.15) is 0 Å². The van der Waals surface area contributed by atoms with E-state index in [2.05, 4.69) is 16.0 Å². The summed E-state index contributed by atoms with van der Waals surface area (Å²) in [4.78, 5) is 50.1. The highest BCUT2D eigenvalue weighted by Crippen LogP contribution is 2.42. The normalized spacial score (nSPS) is 20.1. The van der Waals surface area contributed by atoms with Crippen molar-refractivity contribution in [1.82, 2.24) is 16.0 Å². The Morgan fingerprint density at radius 3 is 2.38 bits per heavy atom. The molecule has 1 aromatic carbocycles. The Kier molecular flexibility index (Phi) is 8.52. The van der Waals surface area contributed by atoms with Crippen LogP contribution in [0.1, 0.15) is 51.5 Å². The van der Waals surface area contributed by atoms with E-state index in [0.717, 1.165) is 18.4 Å². The van der Waals surface area contributed by atoms with Crippen molar-refractivity contribution < 1.29 is 28.7 Å². The van der Waals surface area contributed by atoms with E-state index in [1.165, 1.54) is 7.11 Å². The van der Waals surface area contributed by atoms with Gasteiger partial charge in [0.1, 0.15) is 17.7 Å². The van der Waals surface area contributed by atoms with E-state index < -0.39 is 35.7 Å². The number of hydrogen-bond acceptors (Lipinski definition) is 6. The van der Waals surface area contributed by atoms with E-state index in [1.54, 1.807) is 0 Å². The number of ether oxygens (including phenoxy) is 2. The summed E-state index contributed by atoms with van der Waals surface area (Å²) in [5, 5.41) is 8.10. The number of carbonyl (C=O) groups excluding carboxylic acids is 4. The molecule has 3 rings (SSSR count). The number of amides is 3. The third-order valence-corrected chi connectivity index (χ3v) is 6.29. The number of hydrogen-bond donors (Lipinski definition) is 3. The summed E-state index contributed by atoms with van der Waals surface area (Å²) in [6, 6.07) is 7.95. The van der Waals surface area contributed by atoms with Crippen molar-refractivity contribution in [3.63, 3.8) is 0 Å². The quantitative estimate of drug-likeness (QED) is 0.423. The Balaban J connectivity index is 1.61. The van der Waals surface area contributed by atoms with E-state index in [9.17, 15) is 19.2 Å². The monoisotopic (exact) mass is 473 g/mol. The molecule has 3 N–H and O–H groups in total. The lowest BCUT2D eigenvalue weighted by molar-refractivity contribution is -0.146. The Morgan fingerprint density at radius 1 is 1.12 bits per heavy atom. The summed E-state index contributed by atoms with van der Waals surface area (Å²) in [7, 11) is 1.24. The minimum Gasteiger partial charge on any atom is -0.467 e. The van der Waals surface area contributed by atoms with E-state index in [1.807, 2.05) is 44.2 Å². The van der Waals surface area contributed by atoms with Crippen molar-refractivity contribution in [1.29, 1.82) is 0 Å². The zero-order valence-corrected chi connectivity index (χ0v) is 20.1. The summed E-state index contributed by atoms with van der Waals surface area (Å²) in [6.45, 7) is 4.41. The van der Waals surface area contributed by atoms with Crippen LogP contribution in [0.2, 0.25) is 0 Å². The molecule has 34 heavy (non-hydrogen) atoms. The number of esters is 1. The molecule has 2 aliphatic rings. The average molecular weight is 474 g/mol. The van der Waals surface area contributed by atoms with Gasteiger partial charge in [0.15, 0.2) is 0 Å². The molecule has 1 saturated carbocycles. The molecular weight excluding hydrogens is 438 g/mol. The van der Waals surface area contributed by atoms with Gasteiger partial charge in [-0.3, -0.25) is 9.59 Å². The van der Waals surface area contributed by atoms with Crippen LogP contribution >= 0.6 is 0 Å². The van der Waals surface area contributed by atoms with E-state index >= 15 is 0 Å². The fraction of sp³-hybridized carbons (Fsp3) is 0.600. The highest BCUT2D eigenvalue weighted by molar-refractivity contribution is 5.90. The molecule has 0 aromatic heterocycles. The predicted molar refractivity (Wildman–Crippen MR) is 125 cm³/mol. The molecule has 1 aliphatic heterocycles. The van der Waals surface area contributed by atoms with Gasteiger partial charge in [0.2, 0.25) is 11.8 Å². The zero-order valence-electron chi connectivity index (χ0n) is 20.1. The molecule has 1 saturated heterocycles. The van der Waals surface area contributed by atoms with Crippen LogP contribution in [-0.2, 0) is 30.3 Å². The molecule has 2 fully saturated rings. The molecule has 0 bridgehead atoms. The standard InChI is InChI=1S/C25H35N3O6/c1-16(2)13-19(22(30)27-20(23(31)33-3)14-18-9-12-26-21(18)29)28-24(32)34-25(10-11-25)15-17-7-5-4-6-8-17/h4-8,16,18-20H,9-15H2,1-3H3,(H,26,29)(H,27,30)(H,28,32). The van der Waals surface area contributed by atoms with Gasteiger partial charge in [0.05, 0.1) is 7.11 Å². The van der Waals surface area contributed by atoms with Crippen molar-refractivity contribution in [3.8, 4) is 0 Å². The second kappa shape index (κ2) is 11.4. The molecule has 0 radical (unpaired) electrons. The lowest BCUT2D eigenvalue weighted by Gasteiger charge is -2.25. The fourth-order valence-corrected chi connectivity index (χ4v) is 4.28. The molecule has 0 spiro atoms. The maximum absolute atomic E-state index is 13.1. The minimum atomic E-state index is -0.980. The first-order valence-electron chi connectivity index (χ1n) is 11.9. The first-order chi connectivity index (χ1) is 16.2. The Morgan fingerprint density at radius 2 is 1.82 bits per heavy atom. The van der Waals surface area contributed by atoms with Crippen molar-refractivity contribution in [3.05, 3.63) is 35.9 Å². The van der Waals surface area contributed by atoms with E-state index in [-0.39, 0.29) is 24.2 Å². The van der Waals surface area contributed by atoms with Gasteiger partial charge in [0.25, 0.3) is 0 Å². The van der Waals surface area contributed by atoms with Crippen LogP contribution in [-0.4, -0.2) is 55.2 Å². The van der Waals surface area contributed by atoms with Crippen LogP contribution in [0, 0.1) is 11.8 Å². The highest BCUT2D eigenvalue weighted by atomic mass is 16.6. The first kappa shape index (κ1) is 25.5. The maximum Gasteiger partial charge on any atom is 0.408 e. The van der Waals surface area contributed by atoms with Gasteiger partial charge in [-0.15, -0.1) is 0 Å². The van der Waals surface area contributed by atoms with Gasteiger partial charge in [-0.05, 0) is 43.6 Å². The second-order valence-electron chi connectivity index (χ2n) is 9.66. The molecule has 1 heterocycles. The van der Waals surface area contributed by atoms with Crippen LogP contribution in [0.5, 0.6) is 0 Å². The molecule has 1 aromatic rings. The zero-order chi connectivity index (χ0) is 24.7. The summed E-state index contributed by atoms with van der Waals surface area (Å²) in [6.07, 6.45) is 2.60. The van der Waals surface area contributed by atoms with Gasteiger partial charge in [-0.25, -0.2) is 9.59 Å². The molecule has 186 valence electrons. The predicted octanol–water partition coefficient (Wildman–Crippen LogP) is 2.09. The van der Waals surface area contributed by atoms with Crippen molar-refractivity contribution in [2.45, 2.75) is 70.1 Å². The van der Waals surface area contributed by atoms with Crippen LogP contribution in [0.3, 0.4) is 0 Å². The van der Waals surface area contributed by atoms with Crippen molar-refractivity contribution >= 4 is 23.9 Å². The number of alkyl carbamates (subject to hydrolysis) is 1. The molecule has 9 heteroatoms. The number of carbonyl (C=O) groups is 4. The molecule has 3 amide bonds. The van der Waals surface area contributed by atoms with E-state index in [0.29, 0.717) is 25.8 Å². The molecule has 9 nitrogen and oxygen atoms in total. The van der Waals surface area contributed by atoms with Gasteiger partial charge in [-0.1, -0.05) is 44.2 Å². The minimum absolute atomic E-state index is 0.104. The Labute approximate surface area is 200 Å². The SMILES string of the molecule is COC(=O)C(CC1CCNC1=O)NC(=O)C(CC(C)C)NC(=O)OC1(Cc2ccccc2)CC1. The van der Waals surface area contributed by atoms with Crippen molar-refractivity contribution in [2.75, 3.05) is 13.7 Å². The lowest BCUT2D eigenvalue weighted by atomic mass is 9.97. The topological polar surface area (TPSA) is 123 Å². The number of methoxy groups -OCH3 is 1. The molecule has 3 atom stereocenters. The number of rotatable bonds is 11. The largest absolute Gasteiger partial charge is 0.467 e. The number of benzene rings is 1. The molecule has 1 aliphatic carbocycles.